The Morgan fingerprint density at radius 1 is 1.42 bits per heavy atom. The van der Waals surface area contributed by atoms with Crippen molar-refractivity contribution in [1.29, 1.82) is 0 Å². The first-order valence-corrected chi connectivity index (χ1v) is 8.43. The van der Waals surface area contributed by atoms with E-state index in [0.29, 0.717) is 17.5 Å². The first-order valence-electron chi connectivity index (χ1n) is 8.05. The topological polar surface area (TPSA) is 97.8 Å². The van der Waals surface area contributed by atoms with E-state index in [0.717, 1.165) is 0 Å². The van der Waals surface area contributed by atoms with E-state index in [-0.39, 0.29) is 23.1 Å². The van der Waals surface area contributed by atoms with Crippen molar-refractivity contribution in [3.8, 4) is 5.75 Å². The lowest BCUT2D eigenvalue weighted by Crippen LogP contribution is -2.53. The molecule has 0 aliphatic carbocycles. The van der Waals surface area contributed by atoms with Crippen molar-refractivity contribution in [2.24, 2.45) is 0 Å². The monoisotopic (exact) mass is 374 g/mol. The first-order chi connectivity index (χ1) is 12.5. The van der Waals surface area contributed by atoms with Gasteiger partial charge < -0.3 is 19.7 Å². The molecule has 0 spiro atoms. The van der Waals surface area contributed by atoms with Crippen LogP contribution in [0.4, 0.5) is 0 Å². The number of halogens is 1. The van der Waals surface area contributed by atoms with Crippen LogP contribution < -0.4 is 9.97 Å². The molecule has 1 aromatic carbocycles. The minimum Gasteiger partial charge on any atom is -0.534 e. The molecular formula is C17H16BClN2O5. The lowest BCUT2D eigenvalue weighted by atomic mass is 9.72. The highest BCUT2D eigenvalue weighted by Gasteiger charge is 2.38. The molecule has 2 N–H and O–H groups in total. The van der Waals surface area contributed by atoms with Gasteiger partial charge in [0.1, 0.15) is 16.5 Å². The number of carbonyl (C=O) groups is 2. The van der Waals surface area contributed by atoms with E-state index in [2.05, 4.69) is 10.3 Å². The van der Waals surface area contributed by atoms with Gasteiger partial charge in [-0.25, -0.2) is 9.78 Å². The van der Waals surface area contributed by atoms with Crippen LogP contribution in [0.15, 0.2) is 36.5 Å². The summed E-state index contributed by atoms with van der Waals surface area (Å²) in [5, 5.41) is 13.3. The van der Waals surface area contributed by atoms with Gasteiger partial charge in [-0.3, -0.25) is 4.79 Å². The summed E-state index contributed by atoms with van der Waals surface area (Å²) in [5.41, 5.74) is 1.25. The Labute approximate surface area is 155 Å². The average Bonchev–Trinajstić information content (AvgIpc) is 2.62. The molecule has 1 atom stereocenters. The van der Waals surface area contributed by atoms with E-state index in [4.69, 9.17) is 21.0 Å². The number of rotatable bonds is 4. The summed E-state index contributed by atoms with van der Waals surface area (Å²) in [6.45, 7) is 1.94. The maximum atomic E-state index is 12.3. The third kappa shape index (κ3) is 3.81. The second-order valence-electron chi connectivity index (χ2n) is 5.68. The van der Waals surface area contributed by atoms with Crippen molar-refractivity contribution >= 4 is 30.6 Å². The SMILES string of the molecule is CCOC(=O)c1cccc2c1OB(O)[C@@H](NC(=O)c1ccc(Cl)nc1)C2. The zero-order chi connectivity index (χ0) is 18.7. The molecule has 0 saturated heterocycles. The number of hydrogen-bond acceptors (Lipinski definition) is 6. The van der Waals surface area contributed by atoms with Crippen molar-refractivity contribution < 1.29 is 24.0 Å². The minimum atomic E-state index is -1.30. The van der Waals surface area contributed by atoms with Crippen molar-refractivity contribution in [1.82, 2.24) is 10.3 Å². The fourth-order valence-corrected chi connectivity index (χ4v) is 2.79. The Balaban J connectivity index is 1.77. The lowest BCUT2D eigenvalue weighted by molar-refractivity contribution is 0.0523. The second-order valence-corrected chi connectivity index (χ2v) is 6.06. The van der Waals surface area contributed by atoms with Crippen LogP contribution in [0.1, 0.15) is 33.2 Å². The van der Waals surface area contributed by atoms with E-state index >= 15 is 0 Å². The molecule has 1 aliphatic rings. The zero-order valence-electron chi connectivity index (χ0n) is 13.9. The standard InChI is InChI=1S/C17H16BClN2O5/c1-2-25-17(23)12-5-3-4-10-8-13(18(24)26-15(10)12)21-16(22)11-6-7-14(19)20-9-11/h3-7,9,13,24H,2,8H2,1H3,(H,21,22)/t13-/m0/s1. The van der Waals surface area contributed by atoms with E-state index in [1.807, 2.05) is 0 Å². The molecule has 1 amide bonds. The number of para-hydroxylation sites is 1. The molecule has 2 aromatic rings. The summed E-state index contributed by atoms with van der Waals surface area (Å²) in [7, 11) is -1.30. The van der Waals surface area contributed by atoms with Gasteiger partial charge in [0.15, 0.2) is 0 Å². The van der Waals surface area contributed by atoms with Crippen LogP contribution in [0, 0.1) is 0 Å². The van der Waals surface area contributed by atoms with Crippen molar-refractivity contribution in [3.63, 3.8) is 0 Å². The molecule has 7 nitrogen and oxygen atoms in total. The van der Waals surface area contributed by atoms with Crippen molar-refractivity contribution in [2.45, 2.75) is 19.3 Å². The Kier molecular flexibility index (Phi) is 5.44. The summed E-state index contributed by atoms with van der Waals surface area (Å²) in [6, 6.07) is 8.08. The Morgan fingerprint density at radius 2 is 2.23 bits per heavy atom. The van der Waals surface area contributed by atoms with Gasteiger partial charge in [-0.15, -0.1) is 0 Å². The summed E-state index contributed by atoms with van der Waals surface area (Å²) < 4.78 is 10.5. The summed E-state index contributed by atoms with van der Waals surface area (Å²) in [5.74, 6) is -1.33. The van der Waals surface area contributed by atoms with Crippen molar-refractivity contribution in [2.75, 3.05) is 6.61 Å². The number of amides is 1. The van der Waals surface area contributed by atoms with Crippen LogP contribution in [-0.2, 0) is 11.2 Å². The molecule has 0 unspecified atom stereocenters. The van der Waals surface area contributed by atoms with Gasteiger partial charge in [0.05, 0.1) is 18.1 Å². The number of nitrogens with zero attached hydrogens (tertiary/aromatic N) is 1. The van der Waals surface area contributed by atoms with Gasteiger partial charge >= 0.3 is 13.1 Å². The number of pyridine rings is 1. The third-order valence-electron chi connectivity index (χ3n) is 3.92. The van der Waals surface area contributed by atoms with Gasteiger partial charge in [-0.05, 0) is 37.1 Å². The third-order valence-corrected chi connectivity index (χ3v) is 4.14. The zero-order valence-corrected chi connectivity index (χ0v) is 14.7. The highest BCUT2D eigenvalue weighted by molar-refractivity contribution is 6.47. The number of carbonyl (C=O) groups excluding carboxylic acids is 2. The van der Waals surface area contributed by atoms with Gasteiger partial charge in [0, 0.05) is 6.20 Å². The molecule has 0 radical (unpaired) electrons. The number of ether oxygens (including phenoxy) is 1. The van der Waals surface area contributed by atoms with Crippen LogP contribution in [0.3, 0.4) is 0 Å². The fourth-order valence-electron chi connectivity index (χ4n) is 2.68. The van der Waals surface area contributed by atoms with Crippen LogP contribution in [-0.4, -0.2) is 41.6 Å². The number of nitrogens with one attached hydrogen (secondary N) is 1. The van der Waals surface area contributed by atoms with Crippen LogP contribution in [0.5, 0.6) is 5.75 Å². The normalized spacial score (nSPS) is 15.7. The van der Waals surface area contributed by atoms with Crippen molar-refractivity contribution in [3.05, 3.63) is 58.4 Å². The Bertz CT molecular complexity index is 830. The lowest BCUT2D eigenvalue weighted by Gasteiger charge is -2.29. The number of fused-ring (bicyclic) bond motifs is 1. The van der Waals surface area contributed by atoms with Gasteiger partial charge in [0.25, 0.3) is 5.91 Å². The minimum absolute atomic E-state index is 0.235. The molecule has 0 fully saturated rings. The highest BCUT2D eigenvalue weighted by atomic mass is 35.5. The fraction of sp³-hybridized carbons (Fsp3) is 0.235. The number of hydrogen-bond donors (Lipinski definition) is 2. The molecule has 1 aromatic heterocycles. The Hall–Kier alpha value is -2.58. The van der Waals surface area contributed by atoms with Crippen LogP contribution >= 0.6 is 11.6 Å². The van der Waals surface area contributed by atoms with Gasteiger partial charge in [-0.2, -0.15) is 0 Å². The van der Waals surface area contributed by atoms with Gasteiger partial charge in [-0.1, -0.05) is 23.7 Å². The average molecular weight is 375 g/mol. The molecule has 134 valence electrons. The molecule has 9 heteroatoms. The van der Waals surface area contributed by atoms with E-state index in [1.165, 1.54) is 18.3 Å². The first kappa shape index (κ1) is 18.2. The predicted molar refractivity (Wildman–Crippen MR) is 95.2 cm³/mol. The summed E-state index contributed by atoms with van der Waals surface area (Å²) >= 11 is 5.71. The number of benzene rings is 1. The second kappa shape index (κ2) is 7.76. The quantitative estimate of drug-likeness (QED) is 0.480. The predicted octanol–water partition coefficient (Wildman–Crippen LogP) is 1.66. The summed E-state index contributed by atoms with van der Waals surface area (Å²) in [6.07, 6.45) is 1.65. The number of aromatic nitrogens is 1. The largest absolute Gasteiger partial charge is 0.547 e. The Morgan fingerprint density at radius 3 is 2.92 bits per heavy atom. The number of esters is 1. The molecule has 26 heavy (non-hydrogen) atoms. The molecule has 2 heterocycles. The van der Waals surface area contributed by atoms with E-state index in [9.17, 15) is 14.6 Å². The molecular weight excluding hydrogens is 358 g/mol. The maximum absolute atomic E-state index is 12.3. The van der Waals surface area contributed by atoms with E-state index < -0.39 is 24.9 Å². The van der Waals surface area contributed by atoms with Gasteiger partial charge in [0.2, 0.25) is 0 Å². The van der Waals surface area contributed by atoms with E-state index in [1.54, 1.807) is 25.1 Å². The van der Waals surface area contributed by atoms with Crippen LogP contribution in [0.25, 0.3) is 0 Å². The smallest absolute Gasteiger partial charge is 0.534 e. The molecule has 3 rings (SSSR count). The highest BCUT2D eigenvalue weighted by Crippen LogP contribution is 2.30. The van der Waals surface area contributed by atoms with Crippen LogP contribution in [0.2, 0.25) is 5.15 Å². The summed E-state index contributed by atoms with van der Waals surface area (Å²) in [4.78, 5) is 28.2. The molecule has 1 aliphatic heterocycles. The maximum Gasteiger partial charge on any atom is 0.547 e. The molecule has 0 bridgehead atoms. The molecule has 0 saturated carbocycles.